The van der Waals surface area contributed by atoms with E-state index in [0.29, 0.717) is 13.2 Å². The summed E-state index contributed by atoms with van der Waals surface area (Å²) in [5.74, 6) is 0.802. The highest BCUT2D eigenvalue weighted by atomic mass is 28.2. The summed E-state index contributed by atoms with van der Waals surface area (Å²) < 4.78 is 17.0. The normalized spacial score (nSPS) is 11.3. The van der Waals surface area contributed by atoms with Gasteiger partial charge in [0.1, 0.15) is 5.75 Å². The lowest BCUT2D eigenvalue weighted by Crippen LogP contribution is -2.42. The van der Waals surface area contributed by atoms with Crippen LogP contribution in [-0.4, -0.2) is 28.4 Å². The zero-order valence-corrected chi connectivity index (χ0v) is 12.2. The van der Waals surface area contributed by atoms with Gasteiger partial charge in [-0.25, -0.2) is 0 Å². The van der Waals surface area contributed by atoms with Crippen molar-refractivity contribution in [2.24, 2.45) is 0 Å². The van der Waals surface area contributed by atoms with Gasteiger partial charge in [0.2, 0.25) is 0 Å². The lowest BCUT2D eigenvalue weighted by molar-refractivity contribution is -0.167. The van der Waals surface area contributed by atoms with Crippen molar-refractivity contribution in [2.45, 2.75) is 26.2 Å². The fourth-order valence-electron chi connectivity index (χ4n) is 1.54. The van der Waals surface area contributed by atoms with E-state index in [0.717, 1.165) is 11.3 Å². The molecule has 0 saturated heterocycles. The van der Waals surface area contributed by atoms with Crippen LogP contribution < -0.4 is 4.43 Å². The number of rotatable bonds is 8. The average Bonchev–Trinajstić information content (AvgIpc) is 2.37. The van der Waals surface area contributed by atoms with Gasteiger partial charge in [0, 0.05) is 18.8 Å². The lowest BCUT2D eigenvalue weighted by atomic mass is 10.2. The molecule has 3 nitrogen and oxygen atoms in total. The number of benzene rings is 1. The van der Waals surface area contributed by atoms with Crippen molar-refractivity contribution >= 4 is 15.8 Å². The SMILES string of the molecule is C=Cc1ccccc1O[Si]C(C)(OCC)OCC. The largest absolute Gasteiger partial charge is 0.535 e. The highest BCUT2D eigenvalue weighted by Gasteiger charge is 2.29. The first kappa shape index (κ1) is 15.0. The van der Waals surface area contributed by atoms with E-state index in [1.807, 2.05) is 45.0 Å². The van der Waals surface area contributed by atoms with Crippen LogP contribution in [0.15, 0.2) is 30.8 Å². The third kappa shape index (κ3) is 4.29. The molecule has 1 aromatic carbocycles. The van der Waals surface area contributed by atoms with Crippen LogP contribution in [0.2, 0.25) is 0 Å². The summed E-state index contributed by atoms with van der Waals surface area (Å²) in [6.07, 6.45) is 1.78. The maximum atomic E-state index is 5.80. The van der Waals surface area contributed by atoms with Crippen molar-refractivity contribution in [2.75, 3.05) is 13.2 Å². The fourth-order valence-corrected chi connectivity index (χ4v) is 2.43. The van der Waals surface area contributed by atoms with Gasteiger partial charge in [0.05, 0.1) is 0 Å². The van der Waals surface area contributed by atoms with Gasteiger partial charge in [0.25, 0.3) is 0 Å². The first-order valence-electron chi connectivity index (χ1n) is 6.08. The van der Waals surface area contributed by atoms with Gasteiger partial charge < -0.3 is 13.9 Å². The molecule has 4 heteroatoms. The molecule has 0 aliphatic rings. The molecule has 0 heterocycles. The molecule has 0 saturated carbocycles. The molecule has 1 aromatic rings. The molecule has 0 aromatic heterocycles. The van der Waals surface area contributed by atoms with Crippen molar-refractivity contribution in [3.8, 4) is 5.75 Å². The van der Waals surface area contributed by atoms with Crippen LogP contribution in [0.5, 0.6) is 5.75 Å². The maximum Gasteiger partial charge on any atom is 0.381 e. The first-order chi connectivity index (χ1) is 8.65. The molecule has 0 N–H and O–H groups in total. The van der Waals surface area contributed by atoms with Crippen LogP contribution in [0.3, 0.4) is 0 Å². The molecule has 0 unspecified atom stereocenters. The fraction of sp³-hybridized carbons (Fsp3) is 0.429. The minimum absolute atomic E-state index is 0.0745. The van der Waals surface area contributed by atoms with E-state index >= 15 is 0 Å². The van der Waals surface area contributed by atoms with E-state index in [4.69, 9.17) is 13.9 Å². The second kappa shape index (κ2) is 7.36. The Morgan fingerprint density at radius 3 is 2.39 bits per heavy atom. The van der Waals surface area contributed by atoms with Crippen molar-refractivity contribution in [3.05, 3.63) is 36.4 Å². The van der Waals surface area contributed by atoms with E-state index in [-0.39, 0.29) is 9.76 Å². The molecule has 18 heavy (non-hydrogen) atoms. The quantitative estimate of drug-likeness (QED) is 0.533. The highest BCUT2D eigenvalue weighted by molar-refractivity contribution is 6.32. The zero-order valence-electron chi connectivity index (χ0n) is 11.2. The number of hydrogen-bond donors (Lipinski definition) is 0. The Morgan fingerprint density at radius 1 is 1.22 bits per heavy atom. The topological polar surface area (TPSA) is 27.7 Å². The summed E-state index contributed by atoms with van der Waals surface area (Å²) >= 11 is 0. The second-order valence-electron chi connectivity index (χ2n) is 3.76. The van der Waals surface area contributed by atoms with Crippen molar-refractivity contribution in [3.63, 3.8) is 0 Å². The smallest absolute Gasteiger partial charge is 0.381 e. The minimum Gasteiger partial charge on any atom is -0.535 e. The third-order valence-corrected chi connectivity index (χ3v) is 3.31. The Hall–Kier alpha value is -1.10. The van der Waals surface area contributed by atoms with Crippen LogP contribution >= 0.6 is 0 Å². The summed E-state index contributed by atoms with van der Waals surface area (Å²) in [7, 11) is 0.0745. The van der Waals surface area contributed by atoms with Crippen LogP contribution in [0.1, 0.15) is 26.3 Å². The van der Waals surface area contributed by atoms with Gasteiger partial charge in [-0.3, -0.25) is 0 Å². The maximum absolute atomic E-state index is 5.80. The standard InChI is InChI=1S/C14H20O3Si/c1-5-12-10-8-9-11-13(12)17-18-14(4,15-6-2)16-7-3/h5,8-11H,1,6-7H2,2-4H3. The van der Waals surface area contributed by atoms with Gasteiger partial charge in [-0.15, -0.1) is 0 Å². The molecule has 2 radical (unpaired) electrons. The molecule has 0 aliphatic heterocycles. The predicted octanol–water partition coefficient (Wildman–Crippen LogP) is 3.07. The van der Waals surface area contributed by atoms with Crippen molar-refractivity contribution in [1.82, 2.24) is 0 Å². The molecule has 98 valence electrons. The summed E-state index contributed by atoms with van der Waals surface area (Å²) in [4.78, 5) is 0. The summed E-state index contributed by atoms with van der Waals surface area (Å²) in [6.45, 7) is 10.7. The predicted molar refractivity (Wildman–Crippen MR) is 74.6 cm³/mol. The molecule has 0 fully saturated rings. The van der Waals surface area contributed by atoms with Gasteiger partial charge >= 0.3 is 9.76 Å². The van der Waals surface area contributed by atoms with Gasteiger partial charge in [-0.2, -0.15) is 0 Å². The molecule has 0 bridgehead atoms. The van der Waals surface area contributed by atoms with E-state index in [9.17, 15) is 0 Å². The second-order valence-corrected chi connectivity index (χ2v) is 5.07. The Labute approximate surface area is 112 Å². The zero-order chi connectivity index (χ0) is 13.4. The minimum atomic E-state index is -0.683. The monoisotopic (exact) mass is 264 g/mol. The van der Waals surface area contributed by atoms with Crippen LogP contribution in [0.25, 0.3) is 6.08 Å². The van der Waals surface area contributed by atoms with Crippen LogP contribution in [0.4, 0.5) is 0 Å². The highest BCUT2D eigenvalue weighted by Crippen LogP contribution is 2.20. The lowest BCUT2D eigenvalue weighted by Gasteiger charge is -2.27. The van der Waals surface area contributed by atoms with Crippen molar-refractivity contribution in [1.29, 1.82) is 0 Å². The Kier molecular flexibility index (Phi) is 6.11. The molecule has 0 aliphatic carbocycles. The Bertz CT molecular complexity index is 373. The van der Waals surface area contributed by atoms with Crippen molar-refractivity contribution < 1.29 is 13.9 Å². The Morgan fingerprint density at radius 2 is 1.83 bits per heavy atom. The summed E-state index contributed by atoms with van der Waals surface area (Å²) in [5.41, 5.74) is 0.290. The molecule has 1 rings (SSSR count). The third-order valence-electron chi connectivity index (χ3n) is 2.32. The molecular formula is C14H20O3Si. The molecule has 0 amide bonds. The summed E-state index contributed by atoms with van der Waals surface area (Å²) in [6, 6.07) is 7.77. The van der Waals surface area contributed by atoms with E-state index < -0.39 is 5.41 Å². The number of para-hydroxylation sites is 1. The number of ether oxygens (including phenoxy) is 2. The average molecular weight is 264 g/mol. The van der Waals surface area contributed by atoms with Gasteiger partial charge in [0.15, 0.2) is 5.41 Å². The number of hydrogen-bond acceptors (Lipinski definition) is 3. The molecule has 0 atom stereocenters. The van der Waals surface area contributed by atoms with Crippen LogP contribution in [-0.2, 0) is 9.47 Å². The van der Waals surface area contributed by atoms with E-state index in [2.05, 4.69) is 6.58 Å². The van der Waals surface area contributed by atoms with Crippen LogP contribution in [0, 0.1) is 0 Å². The van der Waals surface area contributed by atoms with E-state index in [1.165, 1.54) is 0 Å². The van der Waals surface area contributed by atoms with E-state index in [1.54, 1.807) is 6.08 Å². The van der Waals surface area contributed by atoms with Gasteiger partial charge in [-0.1, -0.05) is 30.9 Å². The molecule has 0 spiro atoms. The summed E-state index contributed by atoms with van der Waals surface area (Å²) in [5, 5.41) is 0. The first-order valence-corrected chi connectivity index (χ1v) is 6.99. The molecular weight excluding hydrogens is 244 g/mol. The Balaban J connectivity index is 2.69. The van der Waals surface area contributed by atoms with Gasteiger partial charge in [-0.05, 0) is 26.8 Å².